The quantitative estimate of drug-likeness (QED) is 0.590. The highest BCUT2D eigenvalue weighted by Crippen LogP contribution is 2.14. The van der Waals surface area contributed by atoms with Gasteiger partial charge in [0.2, 0.25) is 0 Å². The minimum Gasteiger partial charge on any atom is -0.490 e. The van der Waals surface area contributed by atoms with E-state index in [1.165, 1.54) is 0 Å². The fraction of sp³-hybridized carbons (Fsp3) is 0.300. The molecule has 1 aromatic carbocycles. The number of rotatable bonds is 3. The van der Waals surface area contributed by atoms with Crippen molar-refractivity contribution in [1.82, 2.24) is 5.32 Å². The summed E-state index contributed by atoms with van der Waals surface area (Å²) in [5.41, 5.74) is 6.28. The molecule has 80 valence electrons. The van der Waals surface area contributed by atoms with Gasteiger partial charge in [0.15, 0.2) is 6.10 Å². The van der Waals surface area contributed by atoms with E-state index >= 15 is 0 Å². The second-order valence-electron chi connectivity index (χ2n) is 3.29. The van der Waals surface area contributed by atoms with Crippen LogP contribution in [0.15, 0.2) is 24.3 Å². The monoisotopic (exact) mass is 224 g/mol. The van der Waals surface area contributed by atoms with E-state index in [9.17, 15) is 0 Å². The molecule has 1 atom stereocenters. The predicted molar refractivity (Wildman–Crippen MR) is 61.8 cm³/mol. The Morgan fingerprint density at radius 3 is 2.80 bits per heavy atom. The van der Waals surface area contributed by atoms with Crippen molar-refractivity contribution in [3.05, 3.63) is 24.3 Å². The molecule has 1 unspecified atom stereocenters. The van der Waals surface area contributed by atoms with Gasteiger partial charge in [0.25, 0.3) is 5.17 Å². The number of nitrogens with two attached hydrogens (primary N) is 1. The van der Waals surface area contributed by atoms with Gasteiger partial charge in [-0.15, -0.1) is 0 Å². The van der Waals surface area contributed by atoms with Gasteiger partial charge in [-0.25, -0.2) is 0 Å². The van der Waals surface area contributed by atoms with Crippen molar-refractivity contribution >= 4 is 23.1 Å². The first-order valence-electron chi connectivity index (χ1n) is 4.67. The molecule has 1 heterocycles. The predicted octanol–water partition coefficient (Wildman–Crippen LogP) is 0.921. The van der Waals surface area contributed by atoms with E-state index in [4.69, 9.17) is 27.4 Å². The molecule has 4 nitrogen and oxygen atoms in total. The van der Waals surface area contributed by atoms with Crippen LogP contribution in [-0.4, -0.2) is 24.4 Å². The Morgan fingerprint density at radius 2 is 2.20 bits per heavy atom. The molecule has 0 aliphatic carbocycles. The average Bonchev–Trinajstić information content (AvgIpc) is 2.64. The van der Waals surface area contributed by atoms with Crippen LogP contribution in [0.2, 0.25) is 0 Å². The summed E-state index contributed by atoms with van der Waals surface area (Å²) >= 11 is 4.84. The lowest BCUT2D eigenvalue weighted by molar-refractivity contribution is 0.150. The summed E-state index contributed by atoms with van der Waals surface area (Å²) in [6.45, 7) is 1.19. The Hall–Kier alpha value is -1.49. The second kappa shape index (κ2) is 4.35. The van der Waals surface area contributed by atoms with Crippen molar-refractivity contribution in [3.8, 4) is 5.75 Å². The lowest BCUT2D eigenvalue weighted by atomic mass is 10.3. The topological polar surface area (TPSA) is 56.5 Å². The van der Waals surface area contributed by atoms with Crippen LogP contribution in [0.4, 0.5) is 5.69 Å². The molecule has 2 rings (SSSR count). The Morgan fingerprint density at radius 1 is 1.47 bits per heavy atom. The largest absolute Gasteiger partial charge is 0.490 e. The SMILES string of the molecule is Nc1ccc(OCC2CNC(=S)O2)cc1. The third-order valence-electron chi connectivity index (χ3n) is 2.06. The maximum absolute atomic E-state index is 5.56. The Labute approximate surface area is 93.4 Å². The van der Waals surface area contributed by atoms with Crippen LogP contribution in [0.1, 0.15) is 0 Å². The third kappa shape index (κ3) is 2.73. The van der Waals surface area contributed by atoms with Crippen molar-refractivity contribution in [3.63, 3.8) is 0 Å². The molecule has 0 amide bonds. The second-order valence-corrected chi connectivity index (χ2v) is 3.66. The molecule has 1 aliphatic rings. The van der Waals surface area contributed by atoms with Gasteiger partial charge in [-0.1, -0.05) is 0 Å². The van der Waals surface area contributed by atoms with E-state index in [0.29, 0.717) is 18.3 Å². The van der Waals surface area contributed by atoms with E-state index in [-0.39, 0.29) is 6.10 Å². The molecule has 0 bridgehead atoms. The number of hydrogen-bond donors (Lipinski definition) is 2. The van der Waals surface area contributed by atoms with Gasteiger partial charge < -0.3 is 20.5 Å². The number of anilines is 1. The van der Waals surface area contributed by atoms with Gasteiger partial charge in [-0.3, -0.25) is 0 Å². The molecular formula is C10H12N2O2S. The number of nitrogens with one attached hydrogen (secondary N) is 1. The van der Waals surface area contributed by atoms with Crippen LogP contribution in [0, 0.1) is 0 Å². The minimum atomic E-state index is -0.00458. The van der Waals surface area contributed by atoms with Gasteiger partial charge in [-0.05, 0) is 36.5 Å². The van der Waals surface area contributed by atoms with Crippen molar-refractivity contribution < 1.29 is 9.47 Å². The molecule has 0 aromatic heterocycles. The molecule has 1 saturated heterocycles. The zero-order valence-electron chi connectivity index (χ0n) is 8.10. The summed E-state index contributed by atoms with van der Waals surface area (Å²) in [4.78, 5) is 0. The summed E-state index contributed by atoms with van der Waals surface area (Å²) in [7, 11) is 0. The van der Waals surface area contributed by atoms with Crippen molar-refractivity contribution in [2.24, 2.45) is 0 Å². The van der Waals surface area contributed by atoms with Gasteiger partial charge in [0, 0.05) is 5.69 Å². The van der Waals surface area contributed by atoms with Gasteiger partial charge >= 0.3 is 0 Å². The minimum absolute atomic E-state index is 0.00458. The van der Waals surface area contributed by atoms with Crippen molar-refractivity contribution in [1.29, 1.82) is 0 Å². The zero-order chi connectivity index (χ0) is 10.7. The molecule has 15 heavy (non-hydrogen) atoms. The van der Waals surface area contributed by atoms with E-state index in [1.807, 2.05) is 12.1 Å². The van der Waals surface area contributed by atoms with Gasteiger partial charge in [-0.2, -0.15) is 0 Å². The lowest BCUT2D eigenvalue weighted by Crippen LogP contribution is -2.21. The molecule has 5 heteroatoms. The van der Waals surface area contributed by atoms with E-state index < -0.39 is 0 Å². The number of ether oxygens (including phenoxy) is 2. The lowest BCUT2D eigenvalue weighted by Gasteiger charge is -2.10. The summed E-state index contributed by atoms with van der Waals surface area (Å²) < 4.78 is 10.8. The molecule has 1 aromatic rings. The van der Waals surface area contributed by atoms with Crippen molar-refractivity contribution in [2.75, 3.05) is 18.9 Å². The smallest absolute Gasteiger partial charge is 0.257 e. The maximum atomic E-state index is 5.56. The molecular weight excluding hydrogens is 212 g/mol. The standard InChI is InChI=1S/C10H12N2O2S/c11-7-1-3-8(4-2-7)13-6-9-5-12-10(15)14-9/h1-4,9H,5-6,11H2,(H,12,15). The van der Waals surface area contributed by atoms with Gasteiger partial charge in [0.05, 0.1) is 6.54 Å². The summed E-state index contributed by atoms with van der Waals surface area (Å²) in [5.74, 6) is 0.783. The molecule has 0 saturated carbocycles. The Kier molecular flexibility index (Phi) is 2.91. The van der Waals surface area contributed by atoms with E-state index in [2.05, 4.69) is 5.32 Å². The molecule has 1 fully saturated rings. The highest BCUT2D eigenvalue weighted by atomic mass is 32.1. The normalized spacial score (nSPS) is 19.5. The molecule has 0 radical (unpaired) electrons. The van der Waals surface area contributed by atoms with Crippen LogP contribution in [0.25, 0.3) is 0 Å². The van der Waals surface area contributed by atoms with Crippen LogP contribution >= 0.6 is 12.2 Å². The highest BCUT2D eigenvalue weighted by molar-refractivity contribution is 7.80. The van der Waals surface area contributed by atoms with Crippen LogP contribution in [0.3, 0.4) is 0 Å². The number of thiocarbonyl (C=S) groups is 1. The number of benzene rings is 1. The van der Waals surface area contributed by atoms with Crippen LogP contribution in [-0.2, 0) is 4.74 Å². The maximum Gasteiger partial charge on any atom is 0.257 e. The van der Waals surface area contributed by atoms with Gasteiger partial charge in [0.1, 0.15) is 12.4 Å². The molecule has 0 spiro atoms. The Balaban J connectivity index is 1.83. The number of nitrogen functional groups attached to an aromatic ring is 1. The fourth-order valence-corrected chi connectivity index (χ4v) is 1.50. The Bertz CT molecular complexity index is 353. The zero-order valence-corrected chi connectivity index (χ0v) is 8.92. The summed E-state index contributed by atoms with van der Waals surface area (Å²) in [6, 6.07) is 7.26. The highest BCUT2D eigenvalue weighted by Gasteiger charge is 2.19. The molecule has 3 N–H and O–H groups in total. The van der Waals surface area contributed by atoms with Crippen LogP contribution < -0.4 is 15.8 Å². The molecule has 1 aliphatic heterocycles. The fourth-order valence-electron chi connectivity index (χ4n) is 1.28. The third-order valence-corrected chi connectivity index (χ3v) is 2.30. The first-order chi connectivity index (χ1) is 7.24. The van der Waals surface area contributed by atoms with Crippen LogP contribution in [0.5, 0.6) is 5.75 Å². The average molecular weight is 224 g/mol. The van der Waals surface area contributed by atoms with Crippen molar-refractivity contribution in [2.45, 2.75) is 6.10 Å². The summed E-state index contributed by atoms with van der Waals surface area (Å²) in [5, 5.41) is 3.37. The first-order valence-corrected chi connectivity index (χ1v) is 5.08. The van der Waals surface area contributed by atoms with E-state index in [1.54, 1.807) is 12.1 Å². The first kappa shape index (κ1) is 10.0. The summed E-state index contributed by atoms with van der Waals surface area (Å²) in [6.07, 6.45) is -0.00458. The van der Waals surface area contributed by atoms with E-state index in [0.717, 1.165) is 11.4 Å². The number of hydrogen-bond acceptors (Lipinski definition) is 4.